The van der Waals surface area contributed by atoms with Crippen molar-refractivity contribution in [3.63, 3.8) is 0 Å². The van der Waals surface area contributed by atoms with Crippen molar-refractivity contribution in [1.82, 2.24) is 19.9 Å². The highest BCUT2D eigenvalue weighted by molar-refractivity contribution is 7.25. The van der Waals surface area contributed by atoms with Gasteiger partial charge in [-0.1, -0.05) is 115 Å². The Morgan fingerprint density at radius 3 is 1.84 bits per heavy atom. The Hall–Kier alpha value is -7.48. The minimum atomic E-state index is 0.573. The lowest BCUT2D eigenvalue weighted by molar-refractivity contribution is 0.619. The highest BCUT2D eigenvalue weighted by atomic mass is 32.1. The summed E-state index contributed by atoms with van der Waals surface area (Å²) in [6.45, 7) is 0. The summed E-state index contributed by atoms with van der Waals surface area (Å²) in [6.07, 6.45) is 0. The molecule has 0 aliphatic rings. The Morgan fingerprint density at radius 1 is 0.351 bits per heavy atom. The summed E-state index contributed by atoms with van der Waals surface area (Å²) < 4.78 is 15.3. The Bertz CT molecular complexity index is 3530. The van der Waals surface area contributed by atoms with Gasteiger partial charge in [-0.3, -0.25) is 0 Å². The molecule has 0 unspecified atom stereocenters. The van der Waals surface area contributed by atoms with E-state index >= 15 is 0 Å². The van der Waals surface area contributed by atoms with Gasteiger partial charge in [0, 0.05) is 47.8 Å². The van der Waals surface area contributed by atoms with Crippen LogP contribution in [0.3, 0.4) is 0 Å². The zero-order chi connectivity index (χ0) is 37.5. The first-order valence-corrected chi connectivity index (χ1v) is 19.6. The minimum absolute atomic E-state index is 0.573. The quantitative estimate of drug-likeness (QED) is 0.174. The van der Waals surface area contributed by atoms with Crippen LogP contribution in [0.5, 0.6) is 0 Å². The first-order chi connectivity index (χ1) is 28.2. The summed E-state index contributed by atoms with van der Waals surface area (Å²) >= 11 is 1.83. The summed E-state index contributed by atoms with van der Waals surface area (Å²) in [7, 11) is 0. The highest BCUT2D eigenvalue weighted by Gasteiger charge is 2.21. The second-order valence-electron chi connectivity index (χ2n) is 14.2. The van der Waals surface area contributed by atoms with E-state index in [4.69, 9.17) is 28.8 Å². The predicted molar refractivity (Wildman–Crippen MR) is 232 cm³/mol. The Kier molecular flexibility index (Phi) is 7.00. The van der Waals surface area contributed by atoms with Gasteiger partial charge in [-0.05, 0) is 76.5 Å². The fourth-order valence-corrected chi connectivity index (χ4v) is 9.23. The number of furan rings is 1. The van der Waals surface area contributed by atoms with Gasteiger partial charge in [0.1, 0.15) is 16.7 Å². The van der Waals surface area contributed by atoms with Gasteiger partial charge in [0.2, 0.25) is 5.89 Å². The summed E-state index contributed by atoms with van der Waals surface area (Å²) in [5.74, 6) is 2.38. The van der Waals surface area contributed by atoms with E-state index < -0.39 is 0 Å². The number of aromatic nitrogens is 4. The van der Waals surface area contributed by atoms with Crippen LogP contribution in [0, 0.1) is 0 Å². The van der Waals surface area contributed by atoms with Gasteiger partial charge in [-0.15, -0.1) is 11.3 Å². The molecule has 0 aliphatic heterocycles. The second-order valence-corrected chi connectivity index (χ2v) is 15.3. The Morgan fingerprint density at radius 2 is 0.965 bits per heavy atom. The van der Waals surface area contributed by atoms with Crippen LogP contribution in [0.1, 0.15) is 0 Å². The topological polar surface area (TPSA) is 77.8 Å². The summed E-state index contributed by atoms with van der Waals surface area (Å²) in [4.78, 5) is 20.4. The number of nitrogens with zero attached hydrogens (tertiary/aromatic N) is 4. The van der Waals surface area contributed by atoms with Crippen LogP contribution in [0.15, 0.2) is 179 Å². The van der Waals surface area contributed by atoms with Crippen LogP contribution in [0.2, 0.25) is 0 Å². The van der Waals surface area contributed by atoms with E-state index in [9.17, 15) is 0 Å². The van der Waals surface area contributed by atoms with Gasteiger partial charge >= 0.3 is 0 Å². The number of thiophene rings is 1. The molecular weight excluding hydrogens is 721 g/mol. The number of oxazole rings is 1. The van der Waals surface area contributed by atoms with Crippen molar-refractivity contribution in [2.45, 2.75) is 0 Å². The molecule has 57 heavy (non-hydrogen) atoms. The lowest BCUT2D eigenvalue weighted by Crippen LogP contribution is -2.00. The molecule has 12 aromatic rings. The normalized spacial score (nSPS) is 11.9. The molecular formula is C50H28N4O2S. The van der Waals surface area contributed by atoms with Crippen LogP contribution in [-0.4, -0.2) is 19.9 Å². The van der Waals surface area contributed by atoms with E-state index in [1.54, 1.807) is 0 Å². The lowest BCUT2D eigenvalue weighted by Gasteiger charge is -2.11. The van der Waals surface area contributed by atoms with Crippen molar-refractivity contribution < 1.29 is 8.83 Å². The number of fused-ring (bicyclic) bond motifs is 10. The molecule has 0 saturated carbocycles. The van der Waals surface area contributed by atoms with Crippen LogP contribution < -0.4 is 0 Å². The molecule has 0 amide bonds. The first kappa shape index (κ1) is 31.8. The molecule has 266 valence electrons. The van der Waals surface area contributed by atoms with Crippen LogP contribution >= 0.6 is 11.3 Å². The first-order valence-electron chi connectivity index (χ1n) is 18.8. The van der Waals surface area contributed by atoms with Crippen LogP contribution in [0.4, 0.5) is 0 Å². The molecule has 4 aromatic heterocycles. The molecule has 12 rings (SSSR count). The molecule has 0 N–H and O–H groups in total. The smallest absolute Gasteiger partial charge is 0.227 e. The van der Waals surface area contributed by atoms with Crippen molar-refractivity contribution in [2.75, 3.05) is 0 Å². The van der Waals surface area contributed by atoms with Crippen molar-refractivity contribution in [1.29, 1.82) is 0 Å². The third kappa shape index (κ3) is 5.17. The van der Waals surface area contributed by atoms with Gasteiger partial charge in [0.15, 0.2) is 23.1 Å². The van der Waals surface area contributed by atoms with Crippen molar-refractivity contribution >= 4 is 75.3 Å². The van der Waals surface area contributed by atoms with Gasteiger partial charge in [0.05, 0.1) is 5.39 Å². The number of rotatable bonds is 5. The molecule has 0 fully saturated rings. The molecule has 0 spiro atoms. The maximum absolute atomic E-state index is 6.45. The second kappa shape index (κ2) is 12.5. The molecule has 8 aromatic carbocycles. The number of hydrogen-bond donors (Lipinski definition) is 0. The molecule has 4 heterocycles. The zero-order valence-corrected chi connectivity index (χ0v) is 31.0. The molecule has 0 aliphatic carbocycles. The average Bonchev–Trinajstić information content (AvgIpc) is 4.00. The largest absolute Gasteiger partial charge is 0.456 e. The van der Waals surface area contributed by atoms with E-state index in [-0.39, 0.29) is 0 Å². The Balaban J connectivity index is 1.03. The fraction of sp³-hybridized carbons (Fsp3) is 0. The zero-order valence-electron chi connectivity index (χ0n) is 30.2. The molecule has 0 bridgehead atoms. The number of hydrogen-bond acceptors (Lipinski definition) is 7. The van der Waals surface area contributed by atoms with E-state index in [2.05, 4.69) is 91.0 Å². The maximum atomic E-state index is 6.45. The molecule has 7 heteroatoms. The van der Waals surface area contributed by atoms with Crippen molar-refractivity contribution in [3.05, 3.63) is 170 Å². The maximum Gasteiger partial charge on any atom is 0.227 e. The van der Waals surface area contributed by atoms with E-state index in [0.29, 0.717) is 28.9 Å². The van der Waals surface area contributed by atoms with Crippen LogP contribution in [0.25, 0.3) is 121 Å². The fourth-order valence-electron chi connectivity index (χ4n) is 8.09. The average molecular weight is 749 g/mol. The summed E-state index contributed by atoms with van der Waals surface area (Å²) in [5, 5.41) is 6.48. The standard InChI is InChI=1S/C50H28N4O2S/c1-3-11-29(12-4-1)47-52-48(33-16-9-15-31(27-33)32-21-22-36-35-17-7-8-20-42(35)57-43(36)28-32)54-49(53-47)38-19-10-18-37-34(38)23-24-39-44(37)45-40(55-39)25-26-41-46(45)51-50(56-41)30-13-5-2-6-14-30/h1-28H. The van der Waals surface area contributed by atoms with E-state index in [0.717, 1.165) is 71.6 Å². The van der Waals surface area contributed by atoms with Gasteiger partial charge in [0.25, 0.3) is 0 Å². The monoisotopic (exact) mass is 748 g/mol. The molecule has 0 saturated heterocycles. The van der Waals surface area contributed by atoms with Crippen molar-refractivity contribution in [3.8, 4) is 56.7 Å². The molecule has 0 atom stereocenters. The molecule has 0 radical (unpaired) electrons. The Labute approximate surface area is 329 Å². The molecule has 6 nitrogen and oxygen atoms in total. The van der Waals surface area contributed by atoms with Gasteiger partial charge < -0.3 is 8.83 Å². The van der Waals surface area contributed by atoms with Gasteiger partial charge in [-0.2, -0.15) is 0 Å². The third-order valence-electron chi connectivity index (χ3n) is 10.8. The minimum Gasteiger partial charge on any atom is -0.456 e. The predicted octanol–water partition coefficient (Wildman–Crippen LogP) is 13.8. The highest BCUT2D eigenvalue weighted by Crippen LogP contribution is 2.42. The third-order valence-corrected chi connectivity index (χ3v) is 11.9. The van der Waals surface area contributed by atoms with Crippen LogP contribution in [-0.2, 0) is 0 Å². The summed E-state index contributed by atoms with van der Waals surface area (Å²) in [5.41, 5.74) is 8.90. The SMILES string of the molecule is c1ccc(-c2nc(-c3cccc(-c4ccc5c(c4)sc4ccccc45)c3)nc(-c3cccc4c3ccc3oc5ccc6oc(-c7ccccc7)nc6c5c34)n2)cc1. The van der Waals surface area contributed by atoms with Crippen molar-refractivity contribution in [2.24, 2.45) is 0 Å². The lowest BCUT2D eigenvalue weighted by atomic mass is 9.98. The summed E-state index contributed by atoms with van der Waals surface area (Å²) in [6, 6.07) is 58.2. The van der Waals surface area contributed by atoms with E-state index in [1.165, 1.54) is 20.2 Å². The van der Waals surface area contributed by atoms with Gasteiger partial charge in [-0.25, -0.2) is 19.9 Å². The number of benzene rings is 8. The van der Waals surface area contributed by atoms with E-state index in [1.807, 2.05) is 90.2 Å².